The average Bonchev–Trinajstić information content (AvgIpc) is 2.67. The number of nitrogens with one attached hydrogen (secondary N) is 1. The second-order valence-electron chi connectivity index (χ2n) is 5.34. The summed E-state index contributed by atoms with van der Waals surface area (Å²) in [6.07, 6.45) is 1.29. The fraction of sp³-hybridized carbons (Fsp3) is 0.222. The van der Waals surface area contributed by atoms with E-state index < -0.39 is 4.92 Å². The van der Waals surface area contributed by atoms with Gasteiger partial charge in [0.1, 0.15) is 5.75 Å². The summed E-state index contributed by atoms with van der Waals surface area (Å²) in [7, 11) is 4.36. The fourth-order valence-corrected chi connectivity index (χ4v) is 2.29. The van der Waals surface area contributed by atoms with Crippen LogP contribution in [0.25, 0.3) is 0 Å². The monoisotopic (exact) mass is 373 g/mol. The number of benzene rings is 2. The third kappa shape index (κ3) is 5.18. The predicted molar refractivity (Wildman–Crippen MR) is 98.6 cm³/mol. The van der Waals surface area contributed by atoms with Gasteiger partial charge in [0.05, 0.1) is 50.5 Å². The average molecular weight is 373 g/mol. The number of nitro groups is 1. The Balaban J connectivity index is 2.09. The van der Waals surface area contributed by atoms with Gasteiger partial charge in [-0.2, -0.15) is 5.10 Å². The van der Waals surface area contributed by atoms with Crippen LogP contribution >= 0.6 is 0 Å². The molecule has 9 heteroatoms. The van der Waals surface area contributed by atoms with Crippen molar-refractivity contribution in [2.75, 3.05) is 21.3 Å². The third-order valence-corrected chi connectivity index (χ3v) is 3.65. The molecule has 2 aromatic carbocycles. The molecule has 142 valence electrons. The number of methoxy groups -OCH3 is 3. The first-order chi connectivity index (χ1) is 13.0. The number of nitro benzene ring substituents is 1. The minimum absolute atomic E-state index is 0.107. The summed E-state index contributed by atoms with van der Waals surface area (Å²) in [5, 5.41) is 15.0. The van der Waals surface area contributed by atoms with Gasteiger partial charge in [-0.05, 0) is 23.8 Å². The zero-order valence-electron chi connectivity index (χ0n) is 15.1. The van der Waals surface area contributed by atoms with Gasteiger partial charge in [0.15, 0.2) is 11.5 Å². The number of ether oxygens (including phenoxy) is 3. The molecule has 0 radical (unpaired) electrons. The Hall–Kier alpha value is -3.62. The van der Waals surface area contributed by atoms with E-state index in [1.165, 1.54) is 32.6 Å². The number of hydrazone groups is 1. The molecular formula is C18H19N3O6. The number of nitrogens with zero attached hydrogens (tertiary/aromatic N) is 2. The van der Waals surface area contributed by atoms with E-state index in [-0.39, 0.29) is 29.3 Å². The molecule has 1 N–H and O–H groups in total. The second-order valence-corrected chi connectivity index (χ2v) is 5.34. The lowest BCUT2D eigenvalue weighted by Crippen LogP contribution is -2.19. The highest BCUT2D eigenvalue weighted by atomic mass is 16.6. The highest BCUT2D eigenvalue weighted by Gasteiger charge is 2.18. The molecule has 1 amide bonds. The van der Waals surface area contributed by atoms with Crippen molar-refractivity contribution >= 4 is 17.8 Å². The number of amides is 1. The minimum Gasteiger partial charge on any atom is -0.497 e. The largest absolute Gasteiger partial charge is 0.497 e. The molecule has 0 spiro atoms. The van der Waals surface area contributed by atoms with E-state index in [0.29, 0.717) is 11.5 Å². The SMILES string of the molecule is COc1ccc(CC(=O)N/N=C\c2cc(OC)c(OC)cc2[N+](=O)[O-])cc1. The van der Waals surface area contributed by atoms with Crippen LogP contribution in [0.15, 0.2) is 41.5 Å². The zero-order chi connectivity index (χ0) is 19.8. The Morgan fingerprint density at radius 2 is 1.74 bits per heavy atom. The van der Waals surface area contributed by atoms with Gasteiger partial charge in [0.2, 0.25) is 5.91 Å². The van der Waals surface area contributed by atoms with Crippen molar-refractivity contribution in [2.24, 2.45) is 5.10 Å². The summed E-state index contributed by atoms with van der Waals surface area (Å²) in [6.45, 7) is 0. The normalized spacial score (nSPS) is 10.5. The Kier molecular flexibility index (Phi) is 6.70. The standard InChI is InChI=1S/C18H19N3O6/c1-25-14-6-4-12(5-7-14)8-18(22)20-19-11-13-9-16(26-2)17(27-3)10-15(13)21(23)24/h4-7,9-11H,8H2,1-3H3,(H,20,22)/b19-11-. The van der Waals surface area contributed by atoms with E-state index >= 15 is 0 Å². The molecular weight excluding hydrogens is 354 g/mol. The molecule has 0 heterocycles. The molecule has 0 bridgehead atoms. The smallest absolute Gasteiger partial charge is 0.282 e. The van der Waals surface area contributed by atoms with Crippen LogP contribution in [-0.4, -0.2) is 38.4 Å². The van der Waals surface area contributed by atoms with Crippen molar-refractivity contribution in [3.63, 3.8) is 0 Å². The molecule has 9 nitrogen and oxygen atoms in total. The van der Waals surface area contributed by atoms with Crippen LogP contribution < -0.4 is 19.6 Å². The van der Waals surface area contributed by atoms with Crippen LogP contribution in [0.5, 0.6) is 17.2 Å². The van der Waals surface area contributed by atoms with Crippen LogP contribution in [0.1, 0.15) is 11.1 Å². The van der Waals surface area contributed by atoms with E-state index in [2.05, 4.69) is 10.5 Å². The van der Waals surface area contributed by atoms with Crippen molar-refractivity contribution < 1.29 is 23.9 Å². The Morgan fingerprint density at radius 1 is 1.11 bits per heavy atom. The molecule has 0 fully saturated rings. The molecule has 0 aliphatic carbocycles. The van der Waals surface area contributed by atoms with E-state index in [1.54, 1.807) is 31.4 Å². The minimum atomic E-state index is -0.567. The lowest BCUT2D eigenvalue weighted by atomic mass is 10.1. The molecule has 0 aromatic heterocycles. The maximum Gasteiger partial charge on any atom is 0.282 e. The van der Waals surface area contributed by atoms with E-state index in [4.69, 9.17) is 14.2 Å². The first-order valence-corrected chi connectivity index (χ1v) is 7.83. The summed E-state index contributed by atoms with van der Waals surface area (Å²) >= 11 is 0. The Morgan fingerprint density at radius 3 is 2.30 bits per heavy atom. The van der Waals surface area contributed by atoms with Crippen molar-refractivity contribution in [2.45, 2.75) is 6.42 Å². The molecule has 0 unspecified atom stereocenters. The molecule has 2 aromatic rings. The summed E-state index contributed by atoms with van der Waals surface area (Å²) in [6, 6.07) is 9.68. The number of hydrogen-bond acceptors (Lipinski definition) is 7. The molecule has 0 saturated carbocycles. The summed E-state index contributed by atoms with van der Waals surface area (Å²) in [4.78, 5) is 22.6. The van der Waals surface area contributed by atoms with Crippen molar-refractivity contribution in [1.82, 2.24) is 5.43 Å². The molecule has 0 saturated heterocycles. The van der Waals surface area contributed by atoms with Gasteiger partial charge in [-0.15, -0.1) is 0 Å². The summed E-state index contributed by atoms with van der Waals surface area (Å²) in [5.74, 6) is 0.872. The Labute approximate surface area is 155 Å². The number of carbonyl (C=O) groups is 1. The van der Waals surface area contributed by atoms with Gasteiger partial charge in [0, 0.05) is 0 Å². The maximum atomic E-state index is 12.0. The van der Waals surface area contributed by atoms with Gasteiger partial charge in [-0.25, -0.2) is 5.43 Å². The number of hydrogen-bond donors (Lipinski definition) is 1. The van der Waals surface area contributed by atoms with Gasteiger partial charge >= 0.3 is 0 Å². The zero-order valence-corrected chi connectivity index (χ0v) is 15.1. The van der Waals surface area contributed by atoms with Crippen LogP contribution in [0.3, 0.4) is 0 Å². The molecule has 0 atom stereocenters. The van der Waals surface area contributed by atoms with Crippen LogP contribution in [0.4, 0.5) is 5.69 Å². The third-order valence-electron chi connectivity index (χ3n) is 3.65. The van der Waals surface area contributed by atoms with Gasteiger partial charge in [-0.1, -0.05) is 12.1 Å². The first kappa shape index (κ1) is 19.7. The van der Waals surface area contributed by atoms with E-state index in [1.807, 2.05) is 0 Å². The lowest BCUT2D eigenvalue weighted by molar-refractivity contribution is -0.385. The van der Waals surface area contributed by atoms with E-state index in [9.17, 15) is 14.9 Å². The van der Waals surface area contributed by atoms with Crippen LogP contribution in [-0.2, 0) is 11.2 Å². The summed E-state index contributed by atoms with van der Waals surface area (Å²) < 4.78 is 15.2. The lowest BCUT2D eigenvalue weighted by Gasteiger charge is -2.08. The van der Waals surface area contributed by atoms with Crippen molar-refractivity contribution in [1.29, 1.82) is 0 Å². The van der Waals surface area contributed by atoms with E-state index in [0.717, 1.165) is 5.56 Å². The maximum absolute atomic E-state index is 12.0. The highest BCUT2D eigenvalue weighted by molar-refractivity contribution is 5.88. The van der Waals surface area contributed by atoms with Crippen LogP contribution in [0, 0.1) is 10.1 Å². The van der Waals surface area contributed by atoms with Gasteiger partial charge < -0.3 is 14.2 Å². The second kappa shape index (κ2) is 9.18. The first-order valence-electron chi connectivity index (χ1n) is 7.83. The van der Waals surface area contributed by atoms with Gasteiger partial charge in [-0.3, -0.25) is 14.9 Å². The fourth-order valence-electron chi connectivity index (χ4n) is 2.29. The quantitative estimate of drug-likeness (QED) is 0.432. The molecule has 2 rings (SSSR count). The van der Waals surface area contributed by atoms with Gasteiger partial charge in [0.25, 0.3) is 5.69 Å². The highest BCUT2D eigenvalue weighted by Crippen LogP contribution is 2.33. The Bertz CT molecular complexity index is 849. The summed E-state index contributed by atoms with van der Waals surface area (Å²) in [5.41, 5.74) is 3.07. The number of carbonyl (C=O) groups excluding carboxylic acids is 1. The predicted octanol–water partition coefficient (Wildman–Crippen LogP) is 2.31. The van der Waals surface area contributed by atoms with Crippen molar-refractivity contribution in [3.05, 3.63) is 57.6 Å². The number of rotatable bonds is 8. The van der Waals surface area contributed by atoms with Crippen molar-refractivity contribution in [3.8, 4) is 17.2 Å². The van der Waals surface area contributed by atoms with Crippen LogP contribution in [0.2, 0.25) is 0 Å². The molecule has 0 aliphatic heterocycles. The topological polar surface area (TPSA) is 112 Å². The molecule has 0 aliphatic rings. The molecule has 27 heavy (non-hydrogen) atoms.